The molecule has 0 amide bonds. The third-order valence-corrected chi connectivity index (χ3v) is 5.68. The largest absolute Gasteiger partial charge is 0.416 e. The van der Waals surface area contributed by atoms with E-state index in [0.29, 0.717) is 5.92 Å². The van der Waals surface area contributed by atoms with E-state index >= 15 is 0 Å². The Morgan fingerprint density at radius 2 is 1.88 bits per heavy atom. The standard InChI is InChI=1S/C16H18FN.C11H14F4/c17-14-8-6-12(7-9-14)11-13-3-1-5-16-15(13)4-2-10-18-16;1-4-6-9(11(13,14)15)7-8(3)10(12)5-2/h4,6-9,13H,1-3,5,10-11H2;5-7H,4H2,1-3H3/b;8-7-,9-6-,10-5+/t13-;/m1./s1. The van der Waals surface area contributed by atoms with Gasteiger partial charge in [0, 0.05) is 12.3 Å². The molecule has 0 aromatic heterocycles. The molecule has 1 aliphatic carbocycles. The van der Waals surface area contributed by atoms with Gasteiger partial charge < -0.3 is 0 Å². The Balaban J connectivity index is 0.000000239. The molecule has 180 valence electrons. The number of halogens is 5. The average Bonchev–Trinajstić information content (AvgIpc) is 2.79. The molecular formula is C27H32F5N. The number of nitrogens with zero attached hydrogens (tertiary/aromatic N) is 1. The quantitative estimate of drug-likeness (QED) is 0.305. The Morgan fingerprint density at radius 1 is 1.18 bits per heavy atom. The molecule has 0 unspecified atom stereocenters. The molecule has 0 bridgehead atoms. The fourth-order valence-electron chi connectivity index (χ4n) is 4.05. The monoisotopic (exact) mass is 465 g/mol. The van der Waals surface area contributed by atoms with Crippen molar-refractivity contribution in [2.24, 2.45) is 10.9 Å². The van der Waals surface area contributed by atoms with Crippen LogP contribution in [0, 0.1) is 11.7 Å². The van der Waals surface area contributed by atoms with Crippen LogP contribution in [-0.4, -0.2) is 18.4 Å². The number of hydrogen-bond acceptors (Lipinski definition) is 1. The second kappa shape index (κ2) is 12.7. The van der Waals surface area contributed by atoms with Crippen molar-refractivity contribution in [1.82, 2.24) is 0 Å². The molecule has 1 atom stereocenters. The zero-order valence-corrected chi connectivity index (χ0v) is 19.5. The number of dihydropyridines is 1. The first-order chi connectivity index (χ1) is 15.7. The van der Waals surface area contributed by atoms with Gasteiger partial charge in [0.15, 0.2) is 0 Å². The number of rotatable bonds is 5. The van der Waals surface area contributed by atoms with Crippen LogP contribution in [0.1, 0.15) is 58.4 Å². The third kappa shape index (κ3) is 8.41. The predicted molar refractivity (Wildman–Crippen MR) is 125 cm³/mol. The van der Waals surface area contributed by atoms with Gasteiger partial charge in [0.2, 0.25) is 0 Å². The summed E-state index contributed by atoms with van der Waals surface area (Å²) in [5, 5.41) is 0. The maximum Gasteiger partial charge on any atom is 0.416 e. The first-order valence-corrected chi connectivity index (χ1v) is 11.4. The second-order valence-corrected chi connectivity index (χ2v) is 8.23. The highest BCUT2D eigenvalue weighted by molar-refractivity contribution is 6.01. The second-order valence-electron chi connectivity index (χ2n) is 8.23. The van der Waals surface area contributed by atoms with Crippen LogP contribution in [0.25, 0.3) is 0 Å². The van der Waals surface area contributed by atoms with E-state index in [4.69, 9.17) is 0 Å². The Labute approximate surface area is 193 Å². The number of alkyl halides is 3. The Morgan fingerprint density at radius 3 is 2.48 bits per heavy atom. The van der Waals surface area contributed by atoms with Crippen LogP contribution in [0.3, 0.4) is 0 Å². The van der Waals surface area contributed by atoms with Crippen LogP contribution in [0.15, 0.2) is 76.1 Å². The van der Waals surface area contributed by atoms with E-state index < -0.39 is 17.6 Å². The number of allylic oxidation sites excluding steroid dienone is 7. The normalized spacial score (nSPS) is 19.8. The minimum atomic E-state index is -4.43. The lowest BCUT2D eigenvalue weighted by Gasteiger charge is -2.29. The van der Waals surface area contributed by atoms with Crippen LogP contribution < -0.4 is 0 Å². The van der Waals surface area contributed by atoms with E-state index in [1.54, 1.807) is 19.1 Å². The number of hydrogen-bond donors (Lipinski definition) is 0. The van der Waals surface area contributed by atoms with Gasteiger partial charge in [0.25, 0.3) is 0 Å². The lowest BCUT2D eigenvalue weighted by atomic mass is 9.78. The summed E-state index contributed by atoms with van der Waals surface area (Å²) in [6, 6.07) is 6.93. The molecule has 33 heavy (non-hydrogen) atoms. The van der Waals surface area contributed by atoms with Crippen molar-refractivity contribution in [2.75, 3.05) is 6.54 Å². The highest BCUT2D eigenvalue weighted by atomic mass is 19.4. The van der Waals surface area contributed by atoms with Crippen molar-refractivity contribution < 1.29 is 22.0 Å². The summed E-state index contributed by atoms with van der Waals surface area (Å²) in [6.07, 6.45) is 6.91. The van der Waals surface area contributed by atoms with Gasteiger partial charge in [-0.05, 0) is 93.2 Å². The van der Waals surface area contributed by atoms with Gasteiger partial charge in [-0.25, -0.2) is 8.78 Å². The third-order valence-electron chi connectivity index (χ3n) is 5.68. The minimum Gasteiger partial charge on any atom is -0.289 e. The van der Waals surface area contributed by atoms with Crippen molar-refractivity contribution in [3.8, 4) is 0 Å². The Kier molecular flexibility index (Phi) is 10.3. The fraction of sp³-hybridized carbons (Fsp3) is 0.444. The topological polar surface area (TPSA) is 12.4 Å². The van der Waals surface area contributed by atoms with Gasteiger partial charge in [-0.15, -0.1) is 0 Å². The molecule has 1 nitrogen and oxygen atoms in total. The lowest BCUT2D eigenvalue weighted by Crippen LogP contribution is -2.23. The van der Waals surface area contributed by atoms with Crippen LogP contribution in [0.4, 0.5) is 22.0 Å². The molecule has 1 fully saturated rings. The van der Waals surface area contributed by atoms with Crippen LogP contribution in [0.5, 0.6) is 0 Å². The predicted octanol–water partition coefficient (Wildman–Crippen LogP) is 8.64. The molecule has 1 aromatic rings. The molecule has 0 saturated heterocycles. The Hall–Kier alpha value is -2.50. The van der Waals surface area contributed by atoms with E-state index in [1.807, 2.05) is 12.1 Å². The van der Waals surface area contributed by atoms with Crippen LogP contribution in [-0.2, 0) is 6.42 Å². The number of aliphatic imine (C=N–C) groups is 1. The van der Waals surface area contributed by atoms with Gasteiger partial charge in [-0.1, -0.05) is 37.3 Å². The van der Waals surface area contributed by atoms with E-state index in [-0.39, 0.29) is 17.8 Å². The van der Waals surface area contributed by atoms with Gasteiger partial charge in [0.1, 0.15) is 11.6 Å². The molecule has 1 heterocycles. The summed E-state index contributed by atoms with van der Waals surface area (Å²) >= 11 is 0. The van der Waals surface area contributed by atoms with Gasteiger partial charge in [0.05, 0.1) is 5.57 Å². The summed E-state index contributed by atoms with van der Waals surface area (Å²) in [4.78, 5) is 4.65. The molecule has 1 aliphatic heterocycles. The smallest absolute Gasteiger partial charge is 0.289 e. The van der Waals surface area contributed by atoms with E-state index in [9.17, 15) is 22.0 Å². The van der Waals surface area contributed by atoms with Crippen molar-refractivity contribution in [3.63, 3.8) is 0 Å². The maximum absolute atomic E-state index is 12.9. The molecule has 1 aromatic carbocycles. The average molecular weight is 466 g/mol. The summed E-state index contributed by atoms with van der Waals surface area (Å²) in [5.74, 6) is -0.203. The van der Waals surface area contributed by atoms with Crippen LogP contribution in [0.2, 0.25) is 0 Å². The molecule has 0 spiro atoms. The lowest BCUT2D eigenvalue weighted by molar-refractivity contribution is -0.0884. The van der Waals surface area contributed by atoms with Crippen molar-refractivity contribution in [1.29, 1.82) is 0 Å². The summed E-state index contributed by atoms with van der Waals surface area (Å²) < 4.78 is 63.0. The molecule has 0 N–H and O–H groups in total. The minimum absolute atomic E-state index is 0.0190. The molecule has 3 rings (SSSR count). The van der Waals surface area contributed by atoms with E-state index in [2.05, 4.69) is 11.1 Å². The van der Waals surface area contributed by atoms with Crippen LogP contribution >= 0.6 is 0 Å². The SMILES string of the molecule is C\C=C(F)/C(C)=C\C(=C\CC)C(F)(F)F.Fc1ccc(C[C@H]2CCCC3=NCCC=C32)cc1. The summed E-state index contributed by atoms with van der Waals surface area (Å²) in [6.45, 7) is 5.30. The molecular weight excluding hydrogens is 433 g/mol. The van der Waals surface area contributed by atoms with Crippen molar-refractivity contribution in [3.05, 3.63) is 82.5 Å². The molecule has 6 heteroatoms. The summed E-state index contributed by atoms with van der Waals surface area (Å²) in [7, 11) is 0. The van der Waals surface area contributed by atoms with Crippen molar-refractivity contribution in [2.45, 2.75) is 65.5 Å². The molecule has 0 radical (unpaired) electrons. The van der Waals surface area contributed by atoms with Gasteiger partial charge >= 0.3 is 6.18 Å². The van der Waals surface area contributed by atoms with Gasteiger partial charge in [-0.2, -0.15) is 13.2 Å². The highest BCUT2D eigenvalue weighted by Crippen LogP contribution is 2.32. The fourth-order valence-corrected chi connectivity index (χ4v) is 4.05. The zero-order chi connectivity index (χ0) is 24.4. The molecule has 1 saturated carbocycles. The highest BCUT2D eigenvalue weighted by Gasteiger charge is 2.31. The van der Waals surface area contributed by atoms with Gasteiger partial charge in [-0.3, -0.25) is 4.99 Å². The van der Waals surface area contributed by atoms with E-state index in [1.165, 1.54) is 43.5 Å². The van der Waals surface area contributed by atoms with E-state index in [0.717, 1.165) is 44.0 Å². The molecule has 2 aliphatic rings. The Bertz CT molecular complexity index is 930. The first-order valence-electron chi connectivity index (χ1n) is 11.4. The number of fused-ring (bicyclic) bond motifs is 1. The summed E-state index contributed by atoms with van der Waals surface area (Å²) in [5.41, 5.74) is 3.21. The maximum atomic E-state index is 12.9. The number of benzene rings is 1. The van der Waals surface area contributed by atoms with Crippen molar-refractivity contribution >= 4 is 5.71 Å². The zero-order valence-electron chi connectivity index (χ0n) is 19.5. The first kappa shape index (κ1) is 26.7.